The van der Waals surface area contributed by atoms with Gasteiger partial charge >= 0.3 is 0 Å². The third-order valence-electron chi connectivity index (χ3n) is 3.43. The van der Waals surface area contributed by atoms with Crippen molar-refractivity contribution >= 4 is 17.5 Å². The first-order chi connectivity index (χ1) is 10.0. The van der Waals surface area contributed by atoms with E-state index in [0.717, 1.165) is 5.56 Å². The Labute approximate surface area is 127 Å². The van der Waals surface area contributed by atoms with Gasteiger partial charge in [0, 0.05) is 23.2 Å². The minimum absolute atomic E-state index is 0.00905. The van der Waals surface area contributed by atoms with E-state index in [0.29, 0.717) is 16.3 Å². The molecule has 0 aliphatic carbocycles. The van der Waals surface area contributed by atoms with Crippen molar-refractivity contribution in [3.63, 3.8) is 0 Å². The highest BCUT2D eigenvalue weighted by Crippen LogP contribution is 2.24. The molecule has 1 heterocycles. The highest BCUT2D eigenvalue weighted by molar-refractivity contribution is 6.30. The highest BCUT2D eigenvalue weighted by atomic mass is 35.5. The molecule has 112 valence electrons. The zero-order valence-electron chi connectivity index (χ0n) is 11.8. The summed E-state index contributed by atoms with van der Waals surface area (Å²) in [4.78, 5) is 12.3. The Morgan fingerprint density at radius 3 is 2.67 bits per heavy atom. The molecular formula is C15H17ClN2O3. The largest absolute Gasteiger partial charge is 0.396 e. The molecule has 0 saturated heterocycles. The van der Waals surface area contributed by atoms with E-state index in [-0.39, 0.29) is 24.5 Å². The molecule has 0 spiro atoms. The fourth-order valence-electron chi connectivity index (χ4n) is 1.80. The minimum atomic E-state index is -0.283. The normalized spacial score (nSPS) is 13.7. The maximum atomic E-state index is 12.3. The summed E-state index contributed by atoms with van der Waals surface area (Å²) in [5, 5.41) is 16.4. The maximum absolute atomic E-state index is 12.3. The van der Waals surface area contributed by atoms with Crippen LogP contribution >= 0.6 is 11.6 Å². The van der Waals surface area contributed by atoms with Gasteiger partial charge in [-0.15, -0.1) is 0 Å². The lowest BCUT2D eigenvalue weighted by Gasteiger charge is -2.18. The van der Waals surface area contributed by atoms with Crippen LogP contribution in [0.1, 0.15) is 24.2 Å². The highest BCUT2D eigenvalue weighted by Gasteiger charge is 2.21. The molecule has 0 radical (unpaired) electrons. The Morgan fingerprint density at radius 2 is 2.05 bits per heavy atom. The van der Waals surface area contributed by atoms with Crippen LogP contribution in [0.5, 0.6) is 0 Å². The summed E-state index contributed by atoms with van der Waals surface area (Å²) in [7, 11) is 0. The van der Waals surface area contributed by atoms with E-state index in [1.165, 1.54) is 6.26 Å². The Bertz CT molecular complexity index is 610. The number of aromatic nitrogens is 1. The summed E-state index contributed by atoms with van der Waals surface area (Å²) >= 11 is 5.85. The number of amides is 1. The van der Waals surface area contributed by atoms with Crippen LogP contribution in [-0.2, 0) is 0 Å². The van der Waals surface area contributed by atoms with Gasteiger partial charge in [-0.2, -0.15) is 0 Å². The van der Waals surface area contributed by atoms with Crippen molar-refractivity contribution in [2.75, 3.05) is 6.61 Å². The lowest BCUT2D eigenvalue weighted by atomic mass is 10.0. The molecule has 2 atom stereocenters. The van der Waals surface area contributed by atoms with Crippen LogP contribution in [0.2, 0.25) is 5.02 Å². The molecule has 2 rings (SSSR count). The van der Waals surface area contributed by atoms with Crippen molar-refractivity contribution in [2.24, 2.45) is 5.92 Å². The first-order valence-electron chi connectivity index (χ1n) is 6.65. The summed E-state index contributed by atoms with van der Waals surface area (Å²) < 4.78 is 4.93. The first-order valence-corrected chi connectivity index (χ1v) is 7.02. The number of aliphatic hydroxyl groups is 1. The molecule has 0 bridgehead atoms. The standard InChI is InChI=1S/C15H17ClN2O3/c1-9(7-19)10(2)17-15(20)13-8-21-18-14(13)11-3-5-12(16)6-4-11/h3-6,8-10,19H,7H2,1-2H3,(H,17,20). The van der Waals surface area contributed by atoms with E-state index in [4.69, 9.17) is 21.2 Å². The molecule has 2 aromatic rings. The van der Waals surface area contributed by atoms with Crippen molar-refractivity contribution in [3.8, 4) is 11.3 Å². The summed E-state index contributed by atoms with van der Waals surface area (Å²) in [6.45, 7) is 3.71. The van der Waals surface area contributed by atoms with Gasteiger partial charge in [0.25, 0.3) is 5.91 Å². The van der Waals surface area contributed by atoms with Gasteiger partial charge in [-0.25, -0.2) is 0 Å². The van der Waals surface area contributed by atoms with E-state index in [9.17, 15) is 4.79 Å². The lowest BCUT2D eigenvalue weighted by Crippen LogP contribution is -2.38. The predicted molar refractivity (Wildman–Crippen MR) is 80.1 cm³/mol. The molecule has 6 heteroatoms. The fraction of sp³-hybridized carbons (Fsp3) is 0.333. The number of carbonyl (C=O) groups excluding carboxylic acids is 1. The van der Waals surface area contributed by atoms with Crippen LogP contribution in [0.3, 0.4) is 0 Å². The molecule has 2 N–H and O–H groups in total. The van der Waals surface area contributed by atoms with Crippen molar-refractivity contribution < 1.29 is 14.4 Å². The number of hydrogen-bond acceptors (Lipinski definition) is 4. The van der Waals surface area contributed by atoms with Crippen molar-refractivity contribution in [3.05, 3.63) is 41.1 Å². The second kappa shape index (κ2) is 6.74. The fourth-order valence-corrected chi connectivity index (χ4v) is 1.92. The number of nitrogens with zero attached hydrogens (tertiary/aromatic N) is 1. The molecule has 21 heavy (non-hydrogen) atoms. The second-order valence-corrected chi connectivity index (χ2v) is 5.44. The van der Waals surface area contributed by atoms with Gasteiger partial charge in [0.1, 0.15) is 17.5 Å². The number of halogens is 1. The van der Waals surface area contributed by atoms with Crippen LogP contribution in [0.15, 0.2) is 35.1 Å². The van der Waals surface area contributed by atoms with Gasteiger partial charge in [0.2, 0.25) is 0 Å². The lowest BCUT2D eigenvalue weighted by molar-refractivity contribution is 0.0916. The maximum Gasteiger partial charge on any atom is 0.257 e. The zero-order valence-corrected chi connectivity index (χ0v) is 12.6. The van der Waals surface area contributed by atoms with E-state index >= 15 is 0 Å². The van der Waals surface area contributed by atoms with Crippen LogP contribution in [-0.4, -0.2) is 28.8 Å². The molecule has 0 aliphatic rings. The molecule has 2 unspecified atom stereocenters. The number of rotatable bonds is 5. The Morgan fingerprint density at radius 1 is 1.38 bits per heavy atom. The number of hydrogen-bond donors (Lipinski definition) is 2. The van der Waals surface area contributed by atoms with Crippen LogP contribution < -0.4 is 5.32 Å². The van der Waals surface area contributed by atoms with E-state index in [1.807, 2.05) is 13.8 Å². The summed E-state index contributed by atoms with van der Waals surface area (Å²) in [6.07, 6.45) is 1.32. The number of benzene rings is 1. The van der Waals surface area contributed by atoms with Crippen LogP contribution in [0.25, 0.3) is 11.3 Å². The van der Waals surface area contributed by atoms with Crippen molar-refractivity contribution in [2.45, 2.75) is 19.9 Å². The molecule has 1 amide bonds. The number of aliphatic hydroxyl groups excluding tert-OH is 1. The van der Waals surface area contributed by atoms with Gasteiger partial charge in [-0.3, -0.25) is 4.79 Å². The van der Waals surface area contributed by atoms with Gasteiger partial charge in [-0.1, -0.05) is 35.8 Å². The molecule has 0 fully saturated rings. The van der Waals surface area contributed by atoms with E-state index in [2.05, 4.69) is 10.5 Å². The molecule has 0 saturated carbocycles. The van der Waals surface area contributed by atoms with E-state index < -0.39 is 0 Å². The minimum Gasteiger partial charge on any atom is -0.396 e. The first kappa shape index (κ1) is 15.5. The number of nitrogens with one attached hydrogen (secondary N) is 1. The predicted octanol–water partition coefficient (Wildman–Crippen LogP) is 2.74. The third kappa shape index (κ3) is 3.62. The molecule has 1 aromatic carbocycles. The number of carbonyl (C=O) groups is 1. The monoisotopic (exact) mass is 308 g/mol. The second-order valence-electron chi connectivity index (χ2n) is 5.01. The van der Waals surface area contributed by atoms with Gasteiger partial charge < -0.3 is 14.9 Å². The Balaban J connectivity index is 2.20. The molecule has 1 aromatic heterocycles. The SMILES string of the molecule is CC(CO)C(C)NC(=O)c1conc1-c1ccc(Cl)cc1. The van der Waals surface area contributed by atoms with Gasteiger partial charge in [-0.05, 0) is 25.0 Å². The third-order valence-corrected chi connectivity index (χ3v) is 3.68. The molecule has 0 aliphatic heterocycles. The average molecular weight is 309 g/mol. The van der Waals surface area contributed by atoms with Gasteiger partial charge in [0.15, 0.2) is 0 Å². The van der Waals surface area contributed by atoms with Crippen LogP contribution in [0, 0.1) is 5.92 Å². The quantitative estimate of drug-likeness (QED) is 0.890. The summed E-state index contributed by atoms with van der Waals surface area (Å²) in [5.74, 6) is -0.318. The van der Waals surface area contributed by atoms with Crippen LogP contribution in [0.4, 0.5) is 0 Å². The van der Waals surface area contributed by atoms with Crippen molar-refractivity contribution in [1.82, 2.24) is 10.5 Å². The Hall–Kier alpha value is -1.85. The zero-order chi connectivity index (χ0) is 15.4. The molecule has 5 nitrogen and oxygen atoms in total. The van der Waals surface area contributed by atoms with E-state index in [1.54, 1.807) is 24.3 Å². The Kier molecular flexibility index (Phi) is 4.98. The van der Waals surface area contributed by atoms with Crippen molar-refractivity contribution in [1.29, 1.82) is 0 Å². The summed E-state index contributed by atoms with van der Waals surface area (Å²) in [5.41, 5.74) is 1.57. The average Bonchev–Trinajstić information content (AvgIpc) is 2.96. The topological polar surface area (TPSA) is 75.4 Å². The smallest absolute Gasteiger partial charge is 0.257 e. The summed E-state index contributed by atoms with van der Waals surface area (Å²) in [6, 6.07) is 6.84. The van der Waals surface area contributed by atoms with Gasteiger partial charge in [0.05, 0.1) is 0 Å². The molecular weight excluding hydrogens is 292 g/mol.